The molecular weight excluding hydrogens is 154 g/mol. The van der Waals surface area contributed by atoms with Crippen LogP contribution < -0.4 is 10.2 Å². The number of hydrogen-bond acceptors (Lipinski definition) is 3. The molecule has 3 nitrogen and oxygen atoms in total. The lowest BCUT2D eigenvalue weighted by Crippen LogP contribution is -1.98. The van der Waals surface area contributed by atoms with Gasteiger partial charge in [0.2, 0.25) is 5.43 Å². The summed E-state index contributed by atoms with van der Waals surface area (Å²) in [6, 6.07) is 7.74. The van der Waals surface area contributed by atoms with E-state index in [1.54, 1.807) is 6.07 Å². The summed E-state index contributed by atoms with van der Waals surface area (Å²) in [6.07, 6.45) is 0. The van der Waals surface area contributed by atoms with Crippen LogP contribution in [0.5, 0.6) is 5.75 Å². The molecule has 60 valence electrons. The Morgan fingerprint density at radius 1 is 1.33 bits per heavy atom. The van der Waals surface area contributed by atoms with E-state index in [1.807, 2.05) is 6.07 Å². The summed E-state index contributed by atoms with van der Waals surface area (Å²) in [7, 11) is 1.42. The molecule has 0 aliphatic heterocycles. The Hall–Kier alpha value is -1.82. The SMILES string of the molecule is COc1ccc(C#N)ccc1=O. The molecule has 0 aliphatic carbocycles. The lowest BCUT2D eigenvalue weighted by atomic mass is 10.3. The van der Waals surface area contributed by atoms with Gasteiger partial charge in [0, 0.05) is 0 Å². The smallest absolute Gasteiger partial charge is 0.220 e. The number of nitriles is 1. The van der Waals surface area contributed by atoms with E-state index in [1.165, 1.54) is 25.3 Å². The lowest BCUT2D eigenvalue weighted by Gasteiger charge is -1.89. The molecule has 0 radical (unpaired) electrons. The predicted octanol–water partition coefficient (Wildman–Crippen LogP) is 0.927. The average molecular weight is 161 g/mol. The molecule has 0 saturated carbocycles. The van der Waals surface area contributed by atoms with Crippen molar-refractivity contribution in [3.05, 3.63) is 40.1 Å². The first-order chi connectivity index (χ1) is 5.77. The largest absolute Gasteiger partial charge is 0.493 e. The molecule has 0 atom stereocenters. The standard InChI is InChI=1S/C9H7NO2/c1-12-9-5-3-7(6-10)2-4-8(9)11/h2-5H,1H3. The maximum absolute atomic E-state index is 11.1. The quantitative estimate of drug-likeness (QED) is 0.615. The second-order valence-corrected chi connectivity index (χ2v) is 2.17. The van der Waals surface area contributed by atoms with Crippen molar-refractivity contribution in [1.82, 2.24) is 0 Å². The highest BCUT2D eigenvalue weighted by Crippen LogP contribution is 2.01. The molecule has 0 aliphatic rings. The fraction of sp³-hybridized carbons (Fsp3) is 0.111. The van der Waals surface area contributed by atoms with Crippen LogP contribution in [0.1, 0.15) is 5.56 Å². The van der Waals surface area contributed by atoms with Gasteiger partial charge in [-0.2, -0.15) is 5.26 Å². The van der Waals surface area contributed by atoms with Gasteiger partial charge in [0.25, 0.3) is 0 Å². The third kappa shape index (κ3) is 1.61. The fourth-order valence-corrected chi connectivity index (χ4v) is 0.794. The van der Waals surface area contributed by atoms with Crippen LogP contribution in [0.2, 0.25) is 0 Å². The number of rotatable bonds is 1. The Kier molecular flexibility index (Phi) is 2.44. The second kappa shape index (κ2) is 3.54. The van der Waals surface area contributed by atoms with Gasteiger partial charge >= 0.3 is 0 Å². The van der Waals surface area contributed by atoms with Gasteiger partial charge in [-0.3, -0.25) is 4.79 Å². The topological polar surface area (TPSA) is 50.1 Å². The zero-order valence-corrected chi connectivity index (χ0v) is 6.57. The van der Waals surface area contributed by atoms with Crippen molar-refractivity contribution in [3.8, 4) is 11.8 Å². The summed E-state index contributed by atoms with van der Waals surface area (Å²) < 4.78 is 4.78. The molecule has 12 heavy (non-hydrogen) atoms. The molecule has 0 amide bonds. The van der Waals surface area contributed by atoms with E-state index in [4.69, 9.17) is 10.00 Å². The fourth-order valence-electron chi connectivity index (χ4n) is 0.794. The first-order valence-electron chi connectivity index (χ1n) is 3.36. The first-order valence-corrected chi connectivity index (χ1v) is 3.36. The molecule has 0 N–H and O–H groups in total. The zero-order chi connectivity index (χ0) is 8.97. The molecular formula is C9H7NO2. The monoisotopic (exact) mass is 161 g/mol. The Balaban J connectivity index is 3.35. The Labute approximate surface area is 69.8 Å². The number of nitrogens with zero attached hydrogens (tertiary/aromatic N) is 1. The molecule has 1 rings (SSSR count). The zero-order valence-electron chi connectivity index (χ0n) is 6.57. The van der Waals surface area contributed by atoms with Crippen molar-refractivity contribution in [3.63, 3.8) is 0 Å². The molecule has 0 saturated heterocycles. The Bertz CT molecular complexity index is 379. The molecule has 0 spiro atoms. The highest BCUT2D eigenvalue weighted by molar-refractivity contribution is 5.31. The van der Waals surface area contributed by atoms with Crippen molar-refractivity contribution in [1.29, 1.82) is 5.26 Å². The van der Waals surface area contributed by atoms with Gasteiger partial charge in [-0.1, -0.05) is 0 Å². The first kappa shape index (κ1) is 8.28. The van der Waals surface area contributed by atoms with Gasteiger partial charge < -0.3 is 4.74 Å². The van der Waals surface area contributed by atoms with Crippen LogP contribution in [0.15, 0.2) is 29.1 Å². The number of hydrogen-bond donors (Lipinski definition) is 0. The van der Waals surface area contributed by atoms with Gasteiger partial charge in [-0.15, -0.1) is 0 Å². The van der Waals surface area contributed by atoms with E-state index in [-0.39, 0.29) is 11.2 Å². The van der Waals surface area contributed by atoms with E-state index in [0.717, 1.165) is 0 Å². The number of ether oxygens (including phenoxy) is 1. The summed E-state index contributed by atoms with van der Waals surface area (Å²) in [6.45, 7) is 0. The number of methoxy groups -OCH3 is 1. The molecule has 1 aromatic carbocycles. The Morgan fingerprint density at radius 2 is 2.00 bits per heavy atom. The maximum atomic E-state index is 11.1. The maximum Gasteiger partial charge on any atom is 0.220 e. The van der Waals surface area contributed by atoms with Gasteiger partial charge in [0.1, 0.15) is 0 Å². The minimum Gasteiger partial charge on any atom is -0.493 e. The van der Waals surface area contributed by atoms with E-state index < -0.39 is 0 Å². The molecule has 0 fully saturated rings. The molecule has 1 aromatic rings. The van der Waals surface area contributed by atoms with E-state index in [0.29, 0.717) is 5.56 Å². The van der Waals surface area contributed by atoms with Gasteiger partial charge in [0.05, 0.1) is 18.7 Å². The van der Waals surface area contributed by atoms with E-state index in [9.17, 15) is 4.79 Å². The molecule has 0 bridgehead atoms. The van der Waals surface area contributed by atoms with Crippen LogP contribution in [-0.2, 0) is 0 Å². The van der Waals surface area contributed by atoms with Crippen molar-refractivity contribution in [2.45, 2.75) is 0 Å². The highest BCUT2D eigenvalue weighted by Gasteiger charge is 1.94. The molecule has 0 aromatic heterocycles. The molecule has 3 heteroatoms. The van der Waals surface area contributed by atoms with Crippen LogP contribution in [0, 0.1) is 11.3 Å². The van der Waals surface area contributed by atoms with Crippen LogP contribution >= 0.6 is 0 Å². The van der Waals surface area contributed by atoms with Crippen molar-refractivity contribution >= 4 is 0 Å². The van der Waals surface area contributed by atoms with Gasteiger partial charge in [-0.25, -0.2) is 0 Å². The van der Waals surface area contributed by atoms with Crippen LogP contribution in [0.3, 0.4) is 0 Å². The summed E-state index contributed by atoms with van der Waals surface area (Å²) in [5.41, 5.74) is 0.217. The van der Waals surface area contributed by atoms with Gasteiger partial charge in [0.15, 0.2) is 5.75 Å². The van der Waals surface area contributed by atoms with E-state index >= 15 is 0 Å². The van der Waals surface area contributed by atoms with Crippen molar-refractivity contribution in [2.24, 2.45) is 0 Å². The molecule has 0 unspecified atom stereocenters. The van der Waals surface area contributed by atoms with Crippen molar-refractivity contribution in [2.75, 3.05) is 7.11 Å². The predicted molar refractivity (Wildman–Crippen MR) is 44.0 cm³/mol. The third-order valence-corrected chi connectivity index (χ3v) is 1.42. The van der Waals surface area contributed by atoms with Crippen LogP contribution in [0.25, 0.3) is 0 Å². The molecule has 0 heterocycles. The Morgan fingerprint density at radius 3 is 2.58 bits per heavy atom. The van der Waals surface area contributed by atoms with Crippen molar-refractivity contribution < 1.29 is 4.74 Å². The minimum atomic E-state index is -0.223. The van der Waals surface area contributed by atoms with E-state index in [2.05, 4.69) is 0 Å². The average Bonchev–Trinajstić information content (AvgIpc) is 2.27. The summed E-state index contributed by atoms with van der Waals surface area (Å²) in [5, 5.41) is 8.51. The second-order valence-electron chi connectivity index (χ2n) is 2.17. The summed E-state index contributed by atoms with van der Waals surface area (Å²) in [4.78, 5) is 11.1. The normalized spacial score (nSPS) is 8.67. The summed E-state index contributed by atoms with van der Waals surface area (Å²) >= 11 is 0. The summed E-state index contributed by atoms with van der Waals surface area (Å²) in [5.74, 6) is 0.247. The highest BCUT2D eigenvalue weighted by atomic mass is 16.5. The minimum absolute atomic E-state index is 0.223. The van der Waals surface area contributed by atoms with Crippen LogP contribution in [0.4, 0.5) is 0 Å². The van der Waals surface area contributed by atoms with Gasteiger partial charge in [-0.05, 0) is 24.3 Å². The van der Waals surface area contributed by atoms with Crippen LogP contribution in [-0.4, -0.2) is 7.11 Å². The lowest BCUT2D eigenvalue weighted by molar-refractivity contribution is 0.411. The third-order valence-electron chi connectivity index (χ3n) is 1.42.